The van der Waals surface area contributed by atoms with Crippen molar-refractivity contribution >= 4 is 121 Å². The minimum absolute atomic E-state index is 0.181. The average Bonchev–Trinajstić information content (AvgIpc) is 1.58. The van der Waals surface area contributed by atoms with E-state index in [-0.39, 0.29) is 5.41 Å². The Morgan fingerprint density at radius 3 is 1.60 bits per heavy atom. The minimum Gasteiger partial charge on any atom is -0.277 e. The molecule has 10 nitrogen and oxygen atoms in total. The topological polar surface area (TPSA) is 96.0 Å². The van der Waals surface area contributed by atoms with Crippen molar-refractivity contribution in [2.75, 3.05) is 0 Å². The molecule has 19 aromatic rings. The number of imidazole rings is 2. The zero-order valence-electron chi connectivity index (χ0n) is 48.2. The van der Waals surface area contributed by atoms with Crippen LogP contribution in [-0.4, -0.2) is 47.8 Å². The van der Waals surface area contributed by atoms with Crippen LogP contribution in [0.4, 0.5) is 0 Å². The molecule has 0 spiro atoms. The van der Waals surface area contributed by atoms with E-state index in [1.54, 1.807) is 0 Å². The van der Waals surface area contributed by atoms with Crippen LogP contribution in [0, 0.1) is 0 Å². The van der Waals surface area contributed by atoms with E-state index in [1.807, 2.05) is 12.3 Å². The molecule has 20 rings (SSSR count). The second-order valence-corrected chi connectivity index (χ2v) is 24.2. The van der Waals surface area contributed by atoms with Gasteiger partial charge in [-0.25, -0.2) is 29.9 Å². The fourth-order valence-electron chi connectivity index (χ4n) is 15.1. The molecule has 1 aliphatic rings. The maximum Gasteiger partial charge on any atom is 0.237 e. The lowest BCUT2D eigenvalue weighted by atomic mass is 9.82. The highest BCUT2D eigenvalue weighted by Gasteiger charge is 2.36. The molecule has 0 saturated heterocycles. The van der Waals surface area contributed by atoms with Crippen molar-refractivity contribution < 1.29 is 0 Å². The number of nitrogens with zero attached hydrogens (tertiary/aromatic N) is 10. The molecule has 89 heavy (non-hydrogen) atoms. The summed E-state index contributed by atoms with van der Waals surface area (Å²) in [4.78, 5) is 32.6. The van der Waals surface area contributed by atoms with Gasteiger partial charge in [0, 0.05) is 60.3 Å². The maximum atomic E-state index is 5.69. The van der Waals surface area contributed by atoms with E-state index in [2.05, 4.69) is 274 Å². The third-order valence-electron chi connectivity index (χ3n) is 19.2. The maximum absolute atomic E-state index is 5.69. The van der Waals surface area contributed by atoms with Crippen LogP contribution in [-0.2, 0) is 5.41 Å². The molecular formula is C79H48N10. The van der Waals surface area contributed by atoms with Crippen molar-refractivity contribution in [3.05, 3.63) is 266 Å². The SMILES string of the molecule is CC1(C)c2ccccc2-c2ccc(-c3nc(-n4c5ccc(-c6ccc(-c7cc(-n8c9ccccc9c9nc%10c%11ccccc%11c%11ccccc%11n%10c98)nc8ncccc78)cc6)cc5c5nc6c7ccccc7c7ccccc7n6c54)nc4ccccc34)cc21. The van der Waals surface area contributed by atoms with E-state index in [0.717, 1.165) is 149 Å². The number of aromatic nitrogens is 10. The van der Waals surface area contributed by atoms with Crippen molar-refractivity contribution in [3.8, 4) is 56.4 Å². The number of fused-ring (bicyclic) bond motifs is 25. The van der Waals surface area contributed by atoms with E-state index in [1.165, 1.54) is 27.6 Å². The molecule has 0 fully saturated rings. The van der Waals surface area contributed by atoms with Gasteiger partial charge < -0.3 is 0 Å². The molecule has 0 bridgehead atoms. The summed E-state index contributed by atoms with van der Waals surface area (Å²) < 4.78 is 9.18. The quantitative estimate of drug-likeness (QED) is 0.159. The standard InChI is InChI=1S/C79H48N10/c1-79(2)62-28-12-7-20-51(62)52-39-37-48(43-63(52)79)70-58-25-8-13-29-64(58)81-78(85-70)89-68-40-38-47(42-61(68)72-77(89)88-66-31-15-10-22-54(66)50-19-4-6-24-57(50)75(88)84-72)45-33-35-46(36-34-45)60-44-69(82-73-55(60)27-17-41-80-73)86-67-32-16-11-26-59(67)71-76(86)87-65-30-14-9-21-53(65)49-18-3-5-23-56(49)74(87)83-71/h3-44H,1-2H3. The summed E-state index contributed by atoms with van der Waals surface area (Å²) in [6.07, 6.45) is 1.83. The lowest BCUT2D eigenvalue weighted by Gasteiger charge is -2.22. The van der Waals surface area contributed by atoms with Crippen molar-refractivity contribution in [3.63, 3.8) is 0 Å². The summed E-state index contributed by atoms with van der Waals surface area (Å²) in [6, 6.07) is 89.2. The number of rotatable bonds is 5. The molecule has 0 aliphatic heterocycles. The number of pyridine rings is 4. The molecule has 414 valence electrons. The summed E-state index contributed by atoms with van der Waals surface area (Å²) in [5, 5.41) is 10.8. The Balaban J connectivity index is 0.778. The Morgan fingerprint density at radius 2 is 0.865 bits per heavy atom. The average molecular weight is 1140 g/mol. The van der Waals surface area contributed by atoms with Crippen molar-refractivity contribution in [1.29, 1.82) is 0 Å². The Morgan fingerprint density at radius 1 is 0.326 bits per heavy atom. The largest absolute Gasteiger partial charge is 0.277 e. The van der Waals surface area contributed by atoms with Gasteiger partial charge in [0.25, 0.3) is 0 Å². The second kappa shape index (κ2) is 17.6. The van der Waals surface area contributed by atoms with E-state index >= 15 is 0 Å². The van der Waals surface area contributed by atoms with Gasteiger partial charge in [0.05, 0.1) is 33.3 Å². The van der Waals surface area contributed by atoms with Crippen LogP contribution in [0.25, 0.3) is 177 Å². The van der Waals surface area contributed by atoms with Gasteiger partial charge in [-0.05, 0) is 116 Å². The van der Waals surface area contributed by atoms with Gasteiger partial charge in [-0.3, -0.25) is 17.9 Å². The molecule has 0 unspecified atom stereocenters. The first-order valence-corrected chi connectivity index (χ1v) is 30.3. The van der Waals surface area contributed by atoms with Crippen LogP contribution in [0.5, 0.6) is 0 Å². The van der Waals surface area contributed by atoms with Gasteiger partial charge in [0.15, 0.2) is 16.9 Å². The summed E-state index contributed by atoms with van der Waals surface area (Å²) in [6.45, 7) is 4.67. The third-order valence-corrected chi connectivity index (χ3v) is 19.2. The lowest BCUT2D eigenvalue weighted by molar-refractivity contribution is 0.660. The van der Waals surface area contributed by atoms with Crippen LogP contribution in [0.2, 0.25) is 0 Å². The van der Waals surface area contributed by atoms with Gasteiger partial charge in [-0.1, -0.05) is 202 Å². The van der Waals surface area contributed by atoms with Crippen molar-refractivity contribution in [2.24, 2.45) is 0 Å². The summed E-state index contributed by atoms with van der Waals surface area (Å²) in [7, 11) is 0. The Hall–Kier alpha value is -11.9. The molecule has 9 aromatic heterocycles. The Kier molecular flexibility index (Phi) is 9.58. The van der Waals surface area contributed by atoms with Gasteiger partial charge in [-0.2, -0.15) is 0 Å². The molecule has 10 heteroatoms. The van der Waals surface area contributed by atoms with E-state index in [0.29, 0.717) is 11.6 Å². The highest BCUT2D eigenvalue weighted by Crippen LogP contribution is 2.50. The zero-order valence-corrected chi connectivity index (χ0v) is 48.2. The molecule has 0 N–H and O–H groups in total. The van der Waals surface area contributed by atoms with Gasteiger partial charge in [0.2, 0.25) is 5.95 Å². The van der Waals surface area contributed by atoms with Crippen LogP contribution in [0.3, 0.4) is 0 Å². The normalized spacial score (nSPS) is 13.1. The number of hydrogen-bond acceptors (Lipinski definition) is 6. The monoisotopic (exact) mass is 1140 g/mol. The highest BCUT2D eigenvalue weighted by atomic mass is 15.2. The molecule has 10 aromatic carbocycles. The van der Waals surface area contributed by atoms with Crippen LogP contribution in [0.1, 0.15) is 25.0 Å². The van der Waals surface area contributed by atoms with Crippen LogP contribution < -0.4 is 0 Å². The highest BCUT2D eigenvalue weighted by molar-refractivity contribution is 6.19. The molecule has 0 atom stereocenters. The summed E-state index contributed by atoms with van der Waals surface area (Å²) in [5.74, 6) is 1.34. The third kappa shape index (κ3) is 6.58. The van der Waals surface area contributed by atoms with Gasteiger partial charge in [-0.15, -0.1) is 0 Å². The van der Waals surface area contributed by atoms with Gasteiger partial charge >= 0.3 is 0 Å². The number of hydrogen-bond donors (Lipinski definition) is 0. The number of benzene rings is 10. The fourth-order valence-corrected chi connectivity index (χ4v) is 15.1. The van der Waals surface area contributed by atoms with E-state index in [4.69, 9.17) is 29.9 Å². The van der Waals surface area contributed by atoms with E-state index < -0.39 is 0 Å². The van der Waals surface area contributed by atoms with E-state index in [9.17, 15) is 0 Å². The van der Waals surface area contributed by atoms with Crippen molar-refractivity contribution in [1.82, 2.24) is 47.8 Å². The first-order chi connectivity index (χ1) is 43.9. The Bertz CT molecular complexity index is 6340. The van der Waals surface area contributed by atoms with Crippen molar-refractivity contribution in [2.45, 2.75) is 19.3 Å². The van der Waals surface area contributed by atoms with Gasteiger partial charge in [0.1, 0.15) is 28.1 Å². The smallest absolute Gasteiger partial charge is 0.237 e. The molecule has 0 amide bonds. The Labute approximate surface area is 507 Å². The molecule has 9 heterocycles. The first kappa shape index (κ1) is 48.4. The van der Waals surface area contributed by atoms with Crippen LogP contribution >= 0.6 is 0 Å². The molecule has 1 aliphatic carbocycles. The molecular weight excluding hydrogens is 1090 g/mol. The fraction of sp³-hybridized carbons (Fsp3) is 0.0380. The summed E-state index contributed by atoms with van der Waals surface area (Å²) >= 11 is 0. The first-order valence-electron chi connectivity index (χ1n) is 30.3. The number of para-hydroxylation sites is 4. The zero-order chi connectivity index (χ0) is 58.4. The minimum atomic E-state index is -0.181. The summed E-state index contributed by atoms with van der Waals surface area (Å²) in [5.41, 5.74) is 22.3. The lowest BCUT2D eigenvalue weighted by Crippen LogP contribution is -2.15. The second-order valence-electron chi connectivity index (χ2n) is 24.2. The molecule has 0 radical (unpaired) electrons. The predicted molar refractivity (Wildman–Crippen MR) is 363 cm³/mol. The predicted octanol–water partition coefficient (Wildman–Crippen LogP) is 19.0. The van der Waals surface area contributed by atoms with Crippen LogP contribution in [0.15, 0.2) is 255 Å². The molecule has 0 saturated carbocycles.